The summed E-state index contributed by atoms with van der Waals surface area (Å²) in [6.45, 7) is 1.97. The Morgan fingerprint density at radius 2 is 2.00 bits per heavy atom. The Bertz CT molecular complexity index is 386. The molecule has 18 heavy (non-hydrogen) atoms. The summed E-state index contributed by atoms with van der Waals surface area (Å²) in [5, 5.41) is 0. The number of halogens is 1. The van der Waals surface area contributed by atoms with Gasteiger partial charge in [-0.1, -0.05) is 47.3 Å². The smallest absolute Gasteiger partial charge is 0.0283 e. The average Bonchev–Trinajstić information content (AvgIpc) is 2.28. The number of benzene rings is 1. The minimum absolute atomic E-state index is 0.0407. The van der Waals surface area contributed by atoms with Crippen LogP contribution in [0.15, 0.2) is 28.7 Å². The van der Waals surface area contributed by atoms with Crippen LogP contribution in [0.2, 0.25) is 0 Å². The predicted octanol–water partition coefficient (Wildman–Crippen LogP) is 3.54. The predicted molar refractivity (Wildman–Crippen MR) is 80.5 cm³/mol. The zero-order chi connectivity index (χ0) is 13.0. The van der Waals surface area contributed by atoms with E-state index in [-0.39, 0.29) is 5.54 Å². The van der Waals surface area contributed by atoms with Crippen molar-refractivity contribution in [2.24, 2.45) is 5.73 Å². The molecule has 0 atom stereocenters. The first kappa shape index (κ1) is 14.0. The van der Waals surface area contributed by atoms with Gasteiger partial charge in [0.15, 0.2) is 0 Å². The van der Waals surface area contributed by atoms with Crippen molar-refractivity contribution in [3.05, 3.63) is 34.3 Å². The number of likely N-dealkylation sites (N-methyl/N-ethyl adjacent to an activating group) is 1. The lowest BCUT2D eigenvalue weighted by molar-refractivity contribution is 0.193. The van der Waals surface area contributed by atoms with Gasteiger partial charge in [0.25, 0.3) is 0 Å². The van der Waals surface area contributed by atoms with Crippen LogP contribution in [0, 0.1) is 0 Å². The Hall–Kier alpha value is -0.380. The quantitative estimate of drug-likeness (QED) is 0.921. The Morgan fingerprint density at radius 1 is 1.28 bits per heavy atom. The van der Waals surface area contributed by atoms with E-state index in [0.29, 0.717) is 0 Å². The van der Waals surface area contributed by atoms with E-state index in [1.165, 1.54) is 37.7 Å². The van der Waals surface area contributed by atoms with Crippen molar-refractivity contribution in [2.75, 3.05) is 13.6 Å². The minimum Gasteiger partial charge on any atom is -0.324 e. The summed E-state index contributed by atoms with van der Waals surface area (Å²) < 4.78 is 1.15. The number of hydrogen-bond acceptors (Lipinski definition) is 2. The van der Waals surface area contributed by atoms with Gasteiger partial charge in [0.05, 0.1) is 0 Å². The highest BCUT2D eigenvalue weighted by atomic mass is 79.9. The fourth-order valence-electron chi connectivity index (χ4n) is 2.95. The van der Waals surface area contributed by atoms with Gasteiger partial charge in [-0.15, -0.1) is 0 Å². The lowest BCUT2D eigenvalue weighted by Gasteiger charge is -2.36. The lowest BCUT2D eigenvalue weighted by Crippen LogP contribution is -2.50. The zero-order valence-electron chi connectivity index (χ0n) is 11.2. The van der Waals surface area contributed by atoms with E-state index >= 15 is 0 Å². The third-order valence-corrected chi connectivity index (χ3v) is 4.27. The first-order chi connectivity index (χ1) is 8.57. The standard InChI is InChI=1S/C15H23BrN2/c1-18(11-13-6-5-7-14(16)10-13)12-15(17)8-3-2-4-9-15/h5-7,10H,2-4,8-9,11-12,17H2,1H3. The van der Waals surface area contributed by atoms with E-state index < -0.39 is 0 Å². The van der Waals surface area contributed by atoms with E-state index in [1.807, 2.05) is 0 Å². The van der Waals surface area contributed by atoms with E-state index in [9.17, 15) is 0 Å². The molecule has 3 heteroatoms. The molecule has 2 N–H and O–H groups in total. The third-order valence-electron chi connectivity index (χ3n) is 3.78. The monoisotopic (exact) mass is 310 g/mol. The molecule has 1 fully saturated rings. The lowest BCUT2D eigenvalue weighted by atomic mass is 9.82. The summed E-state index contributed by atoms with van der Waals surface area (Å²) in [7, 11) is 2.17. The van der Waals surface area contributed by atoms with Crippen LogP contribution in [-0.2, 0) is 6.54 Å². The Labute approximate surface area is 119 Å². The second-order valence-corrected chi connectivity index (χ2v) is 6.64. The maximum absolute atomic E-state index is 6.49. The molecular weight excluding hydrogens is 288 g/mol. The van der Waals surface area contributed by atoms with Crippen molar-refractivity contribution in [3.8, 4) is 0 Å². The van der Waals surface area contributed by atoms with Gasteiger partial charge in [0, 0.05) is 23.1 Å². The van der Waals surface area contributed by atoms with Gasteiger partial charge >= 0.3 is 0 Å². The molecule has 0 saturated heterocycles. The molecule has 0 unspecified atom stereocenters. The number of hydrogen-bond donors (Lipinski definition) is 1. The SMILES string of the molecule is CN(Cc1cccc(Br)c1)CC1(N)CCCCC1. The highest BCUT2D eigenvalue weighted by Crippen LogP contribution is 2.26. The van der Waals surface area contributed by atoms with Gasteiger partial charge in [0.1, 0.15) is 0 Å². The van der Waals surface area contributed by atoms with Crippen molar-refractivity contribution in [1.82, 2.24) is 4.90 Å². The molecule has 0 aliphatic heterocycles. The van der Waals surface area contributed by atoms with Crippen molar-refractivity contribution in [1.29, 1.82) is 0 Å². The summed E-state index contributed by atoms with van der Waals surface area (Å²) in [6, 6.07) is 8.51. The van der Waals surface area contributed by atoms with Crippen LogP contribution in [0.1, 0.15) is 37.7 Å². The maximum Gasteiger partial charge on any atom is 0.0283 e. The highest BCUT2D eigenvalue weighted by Gasteiger charge is 2.28. The Kier molecular flexibility index (Phi) is 4.82. The molecule has 0 radical (unpaired) electrons. The fraction of sp³-hybridized carbons (Fsp3) is 0.600. The van der Waals surface area contributed by atoms with Crippen molar-refractivity contribution in [2.45, 2.75) is 44.2 Å². The summed E-state index contributed by atoms with van der Waals surface area (Å²) in [4.78, 5) is 2.35. The summed E-state index contributed by atoms with van der Waals surface area (Å²) in [5.41, 5.74) is 7.87. The van der Waals surface area contributed by atoms with E-state index in [4.69, 9.17) is 5.73 Å². The molecule has 1 aliphatic carbocycles. The maximum atomic E-state index is 6.49. The molecule has 0 heterocycles. The van der Waals surface area contributed by atoms with Gasteiger partial charge in [-0.05, 0) is 37.6 Å². The number of rotatable bonds is 4. The molecule has 1 aromatic rings. The van der Waals surface area contributed by atoms with Gasteiger partial charge < -0.3 is 10.6 Å². The van der Waals surface area contributed by atoms with Crippen LogP contribution in [0.5, 0.6) is 0 Å². The van der Waals surface area contributed by atoms with E-state index in [1.54, 1.807) is 0 Å². The van der Waals surface area contributed by atoms with Crippen molar-refractivity contribution >= 4 is 15.9 Å². The van der Waals surface area contributed by atoms with E-state index in [2.05, 4.69) is 52.1 Å². The highest BCUT2D eigenvalue weighted by molar-refractivity contribution is 9.10. The molecule has 1 saturated carbocycles. The molecule has 0 bridgehead atoms. The molecule has 2 rings (SSSR count). The molecule has 0 spiro atoms. The summed E-state index contributed by atoms with van der Waals surface area (Å²) in [6.07, 6.45) is 6.29. The zero-order valence-corrected chi connectivity index (χ0v) is 12.7. The largest absolute Gasteiger partial charge is 0.324 e. The van der Waals surface area contributed by atoms with Crippen molar-refractivity contribution < 1.29 is 0 Å². The van der Waals surface area contributed by atoms with Gasteiger partial charge in [-0.2, -0.15) is 0 Å². The molecule has 1 aromatic carbocycles. The average molecular weight is 311 g/mol. The topological polar surface area (TPSA) is 29.3 Å². The molecule has 1 aliphatic rings. The van der Waals surface area contributed by atoms with Gasteiger partial charge in [0.2, 0.25) is 0 Å². The van der Waals surface area contributed by atoms with Gasteiger partial charge in [-0.3, -0.25) is 0 Å². The Morgan fingerprint density at radius 3 is 2.67 bits per heavy atom. The second-order valence-electron chi connectivity index (χ2n) is 5.73. The van der Waals surface area contributed by atoms with Crippen LogP contribution in [0.4, 0.5) is 0 Å². The second kappa shape index (κ2) is 6.18. The normalized spacial score (nSPS) is 19.1. The Balaban J connectivity index is 1.90. The van der Waals surface area contributed by atoms with Gasteiger partial charge in [-0.25, -0.2) is 0 Å². The molecular formula is C15H23BrN2. The molecule has 2 nitrogen and oxygen atoms in total. The number of nitrogens with zero attached hydrogens (tertiary/aromatic N) is 1. The minimum atomic E-state index is 0.0407. The molecule has 0 aromatic heterocycles. The first-order valence-electron chi connectivity index (χ1n) is 6.79. The molecule has 0 amide bonds. The summed E-state index contributed by atoms with van der Waals surface area (Å²) >= 11 is 3.52. The van der Waals surface area contributed by atoms with Crippen LogP contribution in [0.25, 0.3) is 0 Å². The van der Waals surface area contributed by atoms with Crippen LogP contribution >= 0.6 is 15.9 Å². The van der Waals surface area contributed by atoms with Crippen LogP contribution in [0.3, 0.4) is 0 Å². The molecule has 100 valence electrons. The first-order valence-corrected chi connectivity index (χ1v) is 7.59. The van der Waals surface area contributed by atoms with Crippen LogP contribution < -0.4 is 5.73 Å². The summed E-state index contributed by atoms with van der Waals surface area (Å²) in [5.74, 6) is 0. The fourth-order valence-corrected chi connectivity index (χ4v) is 3.40. The van der Waals surface area contributed by atoms with Crippen molar-refractivity contribution in [3.63, 3.8) is 0 Å². The number of nitrogens with two attached hydrogens (primary N) is 1. The third kappa shape index (κ3) is 4.08. The van der Waals surface area contributed by atoms with E-state index in [0.717, 1.165) is 17.6 Å². The van der Waals surface area contributed by atoms with Crippen LogP contribution in [-0.4, -0.2) is 24.0 Å².